The van der Waals surface area contributed by atoms with Crippen molar-refractivity contribution in [1.82, 2.24) is 10.6 Å². The molecule has 2 aromatic carbocycles. The van der Waals surface area contributed by atoms with Gasteiger partial charge in [0.25, 0.3) is 0 Å². The van der Waals surface area contributed by atoms with Gasteiger partial charge < -0.3 is 15.4 Å². The molecule has 2 rings (SSSR count). The van der Waals surface area contributed by atoms with E-state index >= 15 is 0 Å². The molecule has 23 heavy (non-hydrogen) atoms. The van der Waals surface area contributed by atoms with Crippen molar-refractivity contribution >= 4 is 6.03 Å². The Bertz CT molecular complexity index is 647. The van der Waals surface area contributed by atoms with E-state index in [2.05, 4.69) is 10.6 Å². The third-order valence-corrected chi connectivity index (χ3v) is 3.32. The monoisotopic (exact) mass is 320 g/mol. The topological polar surface area (TPSA) is 50.4 Å². The molecular weight excluding hydrogens is 302 g/mol. The van der Waals surface area contributed by atoms with E-state index in [0.29, 0.717) is 5.56 Å². The molecule has 0 radical (unpaired) electrons. The molecule has 0 saturated carbocycles. The average molecular weight is 320 g/mol. The van der Waals surface area contributed by atoms with Gasteiger partial charge in [-0.05, 0) is 35.4 Å². The standard InChI is InChI=1S/C17H18F2N2O2/c1-23-16(13-3-2-4-15(19)9-13)11-21-17(22)20-10-12-5-7-14(18)8-6-12/h2-9,16H,10-11H2,1H3,(H2,20,21,22)/t16-/m1/s1. The zero-order chi connectivity index (χ0) is 16.7. The van der Waals surface area contributed by atoms with Crippen molar-refractivity contribution in [1.29, 1.82) is 0 Å². The van der Waals surface area contributed by atoms with Gasteiger partial charge >= 0.3 is 6.03 Å². The molecule has 0 unspecified atom stereocenters. The predicted octanol–water partition coefficient (Wildman–Crippen LogP) is 3.15. The van der Waals surface area contributed by atoms with Crippen molar-refractivity contribution < 1.29 is 18.3 Å². The number of amides is 2. The molecule has 0 aromatic heterocycles. The molecule has 0 aliphatic heterocycles. The van der Waals surface area contributed by atoms with Crippen molar-refractivity contribution in [2.45, 2.75) is 12.6 Å². The molecule has 0 spiro atoms. The van der Waals surface area contributed by atoms with Crippen LogP contribution < -0.4 is 10.6 Å². The minimum absolute atomic E-state index is 0.204. The van der Waals surface area contributed by atoms with Crippen LogP contribution in [0, 0.1) is 11.6 Å². The molecular formula is C17H18F2N2O2. The summed E-state index contributed by atoms with van der Waals surface area (Å²) in [4.78, 5) is 11.8. The highest BCUT2D eigenvalue weighted by atomic mass is 19.1. The van der Waals surface area contributed by atoms with E-state index in [4.69, 9.17) is 4.74 Å². The Hall–Kier alpha value is -2.47. The van der Waals surface area contributed by atoms with Crippen molar-refractivity contribution in [2.75, 3.05) is 13.7 Å². The van der Waals surface area contributed by atoms with E-state index in [9.17, 15) is 13.6 Å². The van der Waals surface area contributed by atoms with Crippen LogP contribution in [0.1, 0.15) is 17.2 Å². The summed E-state index contributed by atoms with van der Waals surface area (Å²) in [5.74, 6) is -0.679. The van der Waals surface area contributed by atoms with Crippen LogP contribution in [0.25, 0.3) is 0 Å². The lowest BCUT2D eigenvalue weighted by Crippen LogP contribution is -2.37. The van der Waals surface area contributed by atoms with Gasteiger partial charge in [-0.15, -0.1) is 0 Å². The first-order valence-electron chi connectivity index (χ1n) is 7.13. The Morgan fingerprint density at radius 3 is 2.48 bits per heavy atom. The summed E-state index contributed by atoms with van der Waals surface area (Å²) in [5.41, 5.74) is 1.43. The Balaban J connectivity index is 1.81. The second kappa shape index (κ2) is 8.24. The van der Waals surface area contributed by atoms with E-state index < -0.39 is 6.10 Å². The number of rotatable bonds is 6. The number of hydrogen-bond donors (Lipinski definition) is 2. The fourth-order valence-corrected chi connectivity index (χ4v) is 2.08. The molecule has 2 aromatic rings. The van der Waals surface area contributed by atoms with Crippen LogP contribution in [-0.4, -0.2) is 19.7 Å². The molecule has 2 amide bonds. The van der Waals surface area contributed by atoms with Crippen LogP contribution in [0.4, 0.5) is 13.6 Å². The van der Waals surface area contributed by atoms with E-state index in [0.717, 1.165) is 5.56 Å². The maximum absolute atomic E-state index is 13.2. The number of urea groups is 1. The number of carbonyl (C=O) groups is 1. The summed E-state index contributed by atoms with van der Waals surface area (Å²) >= 11 is 0. The first-order chi connectivity index (χ1) is 11.1. The number of nitrogens with one attached hydrogen (secondary N) is 2. The van der Waals surface area contributed by atoms with Gasteiger partial charge in [-0.1, -0.05) is 24.3 Å². The molecule has 2 N–H and O–H groups in total. The molecule has 0 aliphatic rings. The van der Waals surface area contributed by atoms with Crippen LogP contribution in [-0.2, 0) is 11.3 Å². The molecule has 122 valence electrons. The van der Waals surface area contributed by atoms with Crippen molar-refractivity contribution in [2.24, 2.45) is 0 Å². The fraction of sp³-hybridized carbons (Fsp3) is 0.235. The van der Waals surface area contributed by atoms with Crippen molar-refractivity contribution in [3.8, 4) is 0 Å². The quantitative estimate of drug-likeness (QED) is 0.859. The highest BCUT2D eigenvalue weighted by Crippen LogP contribution is 2.16. The molecule has 0 heterocycles. The number of methoxy groups -OCH3 is 1. The van der Waals surface area contributed by atoms with Crippen LogP contribution in [0.15, 0.2) is 48.5 Å². The maximum atomic E-state index is 13.2. The van der Waals surface area contributed by atoms with Gasteiger partial charge in [0.2, 0.25) is 0 Å². The summed E-state index contributed by atoms with van der Waals surface area (Å²) in [7, 11) is 1.49. The van der Waals surface area contributed by atoms with E-state index in [1.54, 1.807) is 24.3 Å². The predicted molar refractivity (Wildman–Crippen MR) is 82.8 cm³/mol. The molecule has 6 heteroatoms. The Labute approximate surface area is 133 Å². The molecule has 0 saturated heterocycles. The van der Waals surface area contributed by atoms with Crippen LogP contribution in [0.3, 0.4) is 0 Å². The van der Waals surface area contributed by atoms with E-state index in [-0.39, 0.29) is 30.8 Å². The first kappa shape index (κ1) is 16.9. The van der Waals surface area contributed by atoms with E-state index in [1.165, 1.54) is 31.4 Å². The second-order valence-electron chi connectivity index (χ2n) is 4.97. The van der Waals surface area contributed by atoms with Crippen LogP contribution in [0.2, 0.25) is 0 Å². The molecule has 1 atom stereocenters. The second-order valence-corrected chi connectivity index (χ2v) is 4.97. The van der Waals surface area contributed by atoms with Crippen LogP contribution >= 0.6 is 0 Å². The lowest BCUT2D eigenvalue weighted by atomic mass is 10.1. The lowest BCUT2D eigenvalue weighted by molar-refractivity contribution is 0.103. The highest BCUT2D eigenvalue weighted by molar-refractivity contribution is 5.73. The van der Waals surface area contributed by atoms with Gasteiger partial charge in [-0.3, -0.25) is 0 Å². The molecule has 0 fully saturated rings. The minimum Gasteiger partial charge on any atom is -0.375 e. The summed E-state index contributed by atoms with van der Waals surface area (Å²) in [6.45, 7) is 0.485. The Morgan fingerprint density at radius 1 is 1.09 bits per heavy atom. The smallest absolute Gasteiger partial charge is 0.315 e. The third kappa shape index (κ3) is 5.34. The lowest BCUT2D eigenvalue weighted by Gasteiger charge is -2.17. The molecule has 0 bridgehead atoms. The number of halogens is 2. The maximum Gasteiger partial charge on any atom is 0.315 e. The summed E-state index contributed by atoms with van der Waals surface area (Å²) in [6.07, 6.45) is -0.442. The molecule has 4 nitrogen and oxygen atoms in total. The zero-order valence-electron chi connectivity index (χ0n) is 12.7. The Kier molecular flexibility index (Phi) is 6.05. The van der Waals surface area contributed by atoms with Crippen LogP contribution in [0.5, 0.6) is 0 Å². The summed E-state index contributed by atoms with van der Waals surface area (Å²) in [5, 5.41) is 5.32. The highest BCUT2D eigenvalue weighted by Gasteiger charge is 2.12. The van der Waals surface area contributed by atoms with E-state index in [1.807, 2.05) is 0 Å². The fourth-order valence-electron chi connectivity index (χ4n) is 2.08. The summed E-state index contributed by atoms with van der Waals surface area (Å²) in [6, 6.07) is 11.5. The average Bonchev–Trinajstić information content (AvgIpc) is 2.55. The van der Waals surface area contributed by atoms with Gasteiger partial charge in [0.05, 0.1) is 6.10 Å². The molecule has 0 aliphatic carbocycles. The Morgan fingerprint density at radius 2 is 1.83 bits per heavy atom. The van der Waals surface area contributed by atoms with Crippen molar-refractivity contribution in [3.05, 3.63) is 71.3 Å². The first-order valence-corrected chi connectivity index (χ1v) is 7.13. The van der Waals surface area contributed by atoms with Gasteiger partial charge in [-0.25, -0.2) is 13.6 Å². The zero-order valence-corrected chi connectivity index (χ0v) is 12.7. The van der Waals surface area contributed by atoms with Gasteiger partial charge in [0.1, 0.15) is 11.6 Å². The largest absolute Gasteiger partial charge is 0.375 e. The van der Waals surface area contributed by atoms with Gasteiger partial charge in [0, 0.05) is 20.2 Å². The normalized spacial score (nSPS) is 11.8. The number of benzene rings is 2. The minimum atomic E-state index is -0.442. The number of ether oxygens (including phenoxy) is 1. The summed E-state index contributed by atoms with van der Waals surface area (Å²) < 4.78 is 31.3. The SMILES string of the molecule is CO[C@H](CNC(=O)NCc1ccc(F)cc1)c1cccc(F)c1. The van der Waals surface area contributed by atoms with Crippen molar-refractivity contribution in [3.63, 3.8) is 0 Å². The van der Waals surface area contributed by atoms with Gasteiger partial charge in [0.15, 0.2) is 0 Å². The number of carbonyl (C=O) groups excluding carboxylic acids is 1. The third-order valence-electron chi connectivity index (χ3n) is 3.32. The number of hydrogen-bond acceptors (Lipinski definition) is 2. The van der Waals surface area contributed by atoms with Gasteiger partial charge in [-0.2, -0.15) is 0 Å².